The highest BCUT2D eigenvalue weighted by Gasteiger charge is 2.03. The van der Waals surface area contributed by atoms with Gasteiger partial charge in [0.15, 0.2) is 5.16 Å². The molecular weight excluding hydrogens is 236 g/mol. The lowest BCUT2D eigenvalue weighted by Crippen LogP contribution is -2.24. The van der Waals surface area contributed by atoms with Crippen LogP contribution in [0, 0.1) is 0 Å². The van der Waals surface area contributed by atoms with Crippen molar-refractivity contribution in [1.82, 2.24) is 14.9 Å². The van der Waals surface area contributed by atoms with Crippen molar-refractivity contribution in [2.75, 3.05) is 12.4 Å². The molecule has 6 heteroatoms. The number of thiol groups is 1. The molecule has 0 aliphatic heterocycles. The number of amides is 2. The smallest absolute Gasteiger partial charge is 0.318 e. The molecule has 1 aromatic heterocycles. The number of rotatable bonds is 2. The molecule has 5 nitrogen and oxygen atoms in total. The fourth-order valence-electron chi connectivity index (χ4n) is 1.42. The number of nitrogens with zero attached hydrogens (tertiary/aromatic N) is 2. The Bertz CT molecular complexity index is 538. The predicted molar refractivity (Wildman–Crippen MR) is 68.9 cm³/mol. The van der Waals surface area contributed by atoms with Crippen LogP contribution >= 0.6 is 12.6 Å². The van der Waals surface area contributed by atoms with Crippen molar-refractivity contribution in [3.8, 4) is 5.69 Å². The molecule has 1 aromatic carbocycles. The van der Waals surface area contributed by atoms with E-state index < -0.39 is 0 Å². The Morgan fingerprint density at radius 2 is 2.29 bits per heavy atom. The minimum atomic E-state index is -0.251. The van der Waals surface area contributed by atoms with Crippen LogP contribution in [0.2, 0.25) is 0 Å². The van der Waals surface area contributed by atoms with Crippen LogP contribution in [-0.2, 0) is 0 Å². The molecule has 0 aliphatic carbocycles. The Morgan fingerprint density at radius 1 is 1.47 bits per heavy atom. The SMILES string of the molecule is CNC(=O)Nc1cccc(-n2ccnc2S)c1. The van der Waals surface area contributed by atoms with E-state index in [4.69, 9.17) is 0 Å². The predicted octanol–water partition coefficient (Wildman–Crippen LogP) is 1.91. The summed E-state index contributed by atoms with van der Waals surface area (Å²) < 4.78 is 1.82. The lowest BCUT2D eigenvalue weighted by atomic mass is 10.3. The lowest BCUT2D eigenvalue weighted by molar-refractivity contribution is 0.254. The maximum absolute atomic E-state index is 11.2. The number of carbonyl (C=O) groups excluding carboxylic acids is 1. The molecule has 88 valence electrons. The van der Waals surface area contributed by atoms with Crippen LogP contribution in [0.5, 0.6) is 0 Å². The molecule has 0 saturated carbocycles. The summed E-state index contributed by atoms with van der Waals surface area (Å²) >= 11 is 4.24. The van der Waals surface area contributed by atoms with Crippen molar-refractivity contribution in [2.45, 2.75) is 5.16 Å². The molecule has 0 bridgehead atoms. The van der Waals surface area contributed by atoms with Gasteiger partial charge in [0.1, 0.15) is 0 Å². The zero-order valence-corrected chi connectivity index (χ0v) is 10.1. The zero-order valence-electron chi connectivity index (χ0n) is 9.21. The minimum Gasteiger partial charge on any atom is -0.341 e. The maximum Gasteiger partial charge on any atom is 0.318 e. The summed E-state index contributed by atoms with van der Waals surface area (Å²) in [6.07, 6.45) is 3.47. The second-order valence-electron chi connectivity index (χ2n) is 3.35. The molecule has 17 heavy (non-hydrogen) atoms. The van der Waals surface area contributed by atoms with Crippen molar-refractivity contribution in [1.29, 1.82) is 0 Å². The van der Waals surface area contributed by atoms with Crippen LogP contribution in [0.1, 0.15) is 0 Å². The second-order valence-corrected chi connectivity index (χ2v) is 3.75. The highest BCUT2D eigenvalue weighted by molar-refractivity contribution is 7.80. The van der Waals surface area contributed by atoms with Gasteiger partial charge in [0.2, 0.25) is 0 Å². The first kappa shape index (κ1) is 11.5. The molecule has 2 N–H and O–H groups in total. The molecule has 0 spiro atoms. The van der Waals surface area contributed by atoms with Crippen LogP contribution in [0.15, 0.2) is 41.8 Å². The average molecular weight is 248 g/mol. The van der Waals surface area contributed by atoms with Gasteiger partial charge in [-0.1, -0.05) is 6.07 Å². The molecule has 0 saturated heterocycles. The van der Waals surface area contributed by atoms with E-state index in [1.807, 2.05) is 28.8 Å². The van der Waals surface area contributed by atoms with Crippen molar-refractivity contribution in [2.24, 2.45) is 0 Å². The van der Waals surface area contributed by atoms with E-state index in [9.17, 15) is 4.79 Å². The third-order valence-corrected chi connectivity index (χ3v) is 2.56. The van der Waals surface area contributed by atoms with Gasteiger partial charge in [-0.3, -0.25) is 4.57 Å². The second kappa shape index (κ2) is 4.92. The molecular formula is C11H12N4OS. The van der Waals surface area contributed by atoms with E-state index in [1.165, 1.54) is 0 Å². The third kappa shape index (κ3) is 2.59. The highest BCUT2D eigenvalue weighted by atomic mass is 32.1. The van der Waals surface area contributed by atoms with Crippen molar-refractivity contribution < 1.29 is 4.79 Å². The average Bonchev–Trinajstić information content (AvgIpc) is 2.75. The highest BCUT2D eigenvalue weighted by Crippen LogP contribution is 2.17. The lowest BCUT2D eigenvalue weighted by Gasteiger charge is -2.08. The van der Waals surface area contributed by atoms with Gasteiger partial charge in [-0.2, -0.15) is 0 Å². The summed E-state index contributed by atoms with van der Waals surface area (Å²) in [6.45, 7) is 0. The maximum atomic E-state index is 11.2. The van der Waals surface area contributed by atoms with E-state index in [2.05, 4.69) is 28.2 Å². The standard InChI is InChI=1S/C11H12N4OS/c1-12-10(16)14-8-3-2-4-9(7-8)15-6-5-13-11(15)17/h2-7H,1H3,(H,13,17)(H2,12,14,16). The fourth-order valence-corrected chi connectivity index (χ4v) is 1.67. The minimum absolute atomic E-state index is 0.251. The summed E-state index contributed by atoms with van der Waals surface area (Å²) in [5, 5.41) is 5.80. The number of aromatic nitrogens is 2. The van der Waals surface area contributed by atoms with Crippen LogP contribution in [0.3, 0.4) is 0 Å². The van der Waals surface area contributed by atoms with Crippen LogP contribution in [0.4, 0.5) is 10.5 Å². The topological polar surface area (TPSA) is 59.0 Å². The normalized spacial score (nSPS) is 10.0. The Hall–Kier alpha value is -1.95. The number of hydrogen-bond donors (Lipinski definition) is 3. The van der Waals surface area contributed by atoms with Gasteiger partial charge in [-0.25, -0.2) is 9.78 Å². The van der Waals surface area contributed by atoms with E-state index in [1.54, 1.807) is 19.4 Å². The summed E-state index contributed by atoms with van der Waals surface area (Å²) in [7, 11) is 1.57. The number of imidazole rings is 1. The number of hydrogen-bond acceptors (Lipinski definition) is 3. The van der Waals surface area contributed by atoms with Gasteiger partial charge in [-0.05, 0) is 18.2 Å². The summed E-state index contributed by atoms with van der Waals surface area (Å²) in [5.41, 5.74) is 1.60. The van der Waals surface area contributed by atoms with E-state index in [-0.39, 0.29) is 6.03 Å². The fraction of sp³-hybridized carbons (Fsp3) is 0.0909. The van der Waals surface area contributed by atoms with Gasteiger partial charge in [0.05, 0.1) is 0 Å². The van der Waals surface area contributed by atoms with Crippen molar-refractivity contribution in [3.63, 3.8) is 0 Å². The van der Waals surface area contributed by atoms with E-state index >= 15 is 0 Å². The number of anilines is 1. The van der Waals surface area contributed by atoms with Crippen molar-refractivity contribution >= 4 is 24.3 Å². The van der Waals surface area contributed by atoms with Gasteiger partial charge < -0.3 is 10.6 Å². The molecule has 2 amide bonds. The van der Waals surface area contributed by atoms with Crippen molar-refractivity contribution in [3.05, 3.63) is 36.7 Å². The molecule has 2 aromatic rings. The quantitative estimate of drug-likeness (QED) is 0.711. The molecule has 2 rings (SSSR count). The third-order valence-electron chi connectivity index (χ3n) is 2.23. The number of nitrogens with one attached hydrogen (secondary N) is 2. The first-order valence-electron chi connectivity index (χ1n) is 5.02. The molecule has 0 unspecified atom stereocenters. The van der Waals surface area contributed by atoms with E-state index in [0.29, 0.717) is 10.8 Å². The Labute approximate surface area is 104 Å². The number of benzene rings is 1. The van der Waals surface area contributed by atoms with Gasteiger partial charge in [0.25, 0.3) is 0 Å². The Balaban J connectivity index is 2.29. The molecule has 0 radical (unpaired) electrons. The Morgan fingerprint density at radius 3 is 2.94 bits per heavy atom. The summed E-state index contributed by atoms with van der Waals surface area (Å²) in [6, 6.07) is 7.17. The number of carbonyl (C=O) groups is 1. The van der Waals surface area contributed by atoms with Crippen LogP contribution in [0.25, 0.3) is 5.69 Å². The van der Waals surface area contributed by atoms with E-state index in [0.717, 1.165) is 5.69 Å². The molecule has 0 atom stereocenters. The first-order chi connectivity index (χ1) is 8.20. The number of urea groups is 1. The Kier molecular flexibility index (Phi) is 3.34. The first-order valence-corrected chi connectivity index (χ1v) is 5.47. The van der Waals surface area contributed by atoms with Gasteiger partial charge in [-0.15, -0.1) is 12.6 Å². The summed E-state index contributed by atoms with van der Waals surface area (Å²) in [5.74, 6) is 0. The van der Waals surface area contributed by atoms with Crippen LogP contribution < -0.4 is 10.6 Å². The molecule has 0 fully saturated rings. The molecule has 0 aliphatic rings. The monoisotopic (exact) mass is 248 g/mol. The largest absolute Gasteiger partial charge is 0.341 e. The molecule has 1 heterocycles. The zero-order chi connectivity index (χ0) is 12.3. The van der Waals surface area contributed by atoms with Crippen LogP contribution in [-0.4, -0.2) is 22.6 Å². The van der Waals surface area contributed by atoms with Gasteiger partial charge >= 0.3 is 6.03 Å². The van der Waals surface area contributed by atoms with Gasteiger partial charge in [0, 0.05) is 30.8 Å². The summed E-state index contributed by atoms with van der Waals surface area (Å²) in [4.78, 5) is 15.2.